The van der Waals surface area contributed by atoms with E-state index in [0.717, 1.165) is 11.8 Å². The Morgan fingerprint density at radius 2 is 2.00 bits per heavy atom. The predicted molar refractivity (Wildman–Crippen MR) is 63.9 cm³/mol. The summed E-state index contributed by atoms with van der Waals surface area (Å²) in [7, 11) is 0. The molecule has 2 atom stereocenters. The highest BCUT2D eigenvalue weighted by Gasteiger charge is 2.31. The van der Waals surface area contributed by atoms with Crippen LogP contribution in [0.2, 0.25) is 0 Å². The smallest absolute Gasteiger partial charge is 0.0273 e. The molecule has 0 bridgehead atoms. The lowest BCUT2D eigenvalue weighted by Gasteiger charge is -2.05. The molecular weight excluding hydrogens is 208 g/mol. The minimum Gasteiger partial charge on any atom is -0.316 e. The molecule has 0 radical (unpaired) electrons. The fourth-order valence-corrected chi connectivity index (χ4v) is 2.56. The lowest BCUT2D eigenvalue weighted by molar-refractivity contribution is 0.536. The lowest BCUT2D eigenvalue weighted by Crippen LogP contribution is -2.09. The number of rotatable bonds is 1. The molecule has 80 valence electrons. The van der Waals surface area contributed by atoms with E-state index >= 15 is 0 Å². The van der Waals surface area contributed by atoms with Gasteiger partial charge in [0.15, 0.2) is 0 Å². The number of allylic oxidation sites excluding steroid dienone is 1. The van der Waals surface area contributed by atoms with E-state index in [1.807, 2.05) is 12.4 Å². The van der Waals surface area contributed by atoms with Gasteiger partial charge in [0, 0.05) is 18.9 Å². The minimum absolute atomic E-state index is 0. The first kappa shape index (κ1) is 10.7. The summed E-state index contributed by atoms with van der Waals surface area (Å²) >= 11 is 0. The summed E-state index contributed by atoms with van der Waals surface area (Å²) in [4.78, 5) is 4.05. The second-order valence-corrected chi connectivity index (χ2v) is 4.21. The van der Waals surface area contributed by atoms with E-state index < -0.39 is 0 Å². The molecule has 3 rings (SSSR count). The fraction of sp³-hybridized carbons (Fsp3) is 0.417. The van der Waals surface area contributed by atoms with E-state index in [-0.39, 0.29) is 12.4 Å². The summed E-state index contributed by atoms with van der Waals surface area (Å²) in [6, 6.07) is 4.22. The Morgan fingerprint density at radius 1 is 1.20 bits per heavy atom. The zero-order chi connectivity index (χ0) is 9.38. The third-order valence-electron chi connectivity index (χ3n) is 3.34. The van der Waals surface area contributed by atoms with Crippen LogP contribution in [0.15, 0.2) is 30.6 Å². The summed E-state index contributed by atoms with van der Waals surface area (Å²) in [5.74, 6) is 1.62. The Kier molecular flexibility index (Phi) is 3.08. The third kappa shape index (κ3) is 1.92. The lowest BCUT2D eigenvalue weighted by atomic mass is 9.99. The molecule has 1 aliphatic heterocycles. The van der Waals surface area contributed by atoms with E-state index in [9.17, 15) is 0 Å². The van der Waals surface area contributed by atoms with Crippen LogP contribution >= 0.6 is 12.4 Å². The second-order valence-electron chi connectivity index (χ2n) is 4.21. The van der Waals surface area contributed by atoms with Crippen molar-refractivity contribution in [3.63, 3.8) is 0 Å². The van der Waals surface area contributed by atoms with Crippen molar-refractivity contribution in [3.8, 4) is 0 Å². The molecule has 1 N–H and O–H groups in total. The highest BCUT2D eigenvalue weighted by molar-refractivity contribution is 5.85. The monoisotopic (exact) mass is 222 g/mol. The number of halogens is 1. The molecule has 0 aromatic carbocycles. The van der Waals surface area contributed by atoms with Gasteiger partial charge in [-0.2, -0.15) is 0 Å². The normalized spacial score (nSPS) is 28.1. The van der Waals surface area contributed by atoms with E-state index in [2.05, 4.69) is 28.5 Å². The van der Waals surface area contributed by atoms with E-state index in [1.165, 1.54) is 30.6 Å². The van der Waals surface area contributed by atoms with Crippen molar-refractivity contribution in [2.24, 2.45) is 11.8 Å². The third-order valence-corrected chi connectivity index (χ3v) is 3.34. The molecule has 1 saturated heterocycles. The quantitative estimate of drug-likeness (QED) is 0.788. The molecule has 2 aliphatic rings. The van der Waals surface area contributed by atoms with Gasteiger partial charge < -0.3 is 5.32 Å². The van der Waals surface area contributed by atoms with Gasteiger partial charge in [-0.3, -0.25) is 4.98 Å². The van der Waals surface area contributed by atoms with Gasteiger partial charge in [0.1, 0.15) is 0 Å². The van der Waals surface area contributed by atoms with Crippen molar-refractivity contribution in [3.05, 3.63) is 36.2 Å². The van der Waals surface area contributed by atoms with Crippen LogP contribution in [0.4, 0.5) is 0 Å². The predicted octanol–water partition coefficient (Wildman–Crippen LogP) is 2.13. The molecule has 2 nitrogen and oxygen atoms in total. The highest BCUT2D eigenvalue weighted by Crippen LogP contribution is 2.37. The van der Waals surface area contributed by atoms with Crippen LogP contribution in [0, 0.1) is 11.8 Å². The first-order chi connectivity index (χ1) is 6.93. The molecule has 15 heavy (non-hydrogen) atoms. The van der Waals surface area contributed by atoms with Gasteiger partial charge in [-0.15, -0.1) is 12.4 Å². The van der Waals surface area contributed by atoms with Crippen LogP contribution in [-0.4, -0.2) is 18.1 Å². The summed E-state index contributed by atoms with van der Waals surface area (Å²) in [6.45, 7) is 2.36. The molecule has 0 amide bonds. The van der Waals surface area contributed by atoms with E-state index in [1.54, 1.807) is 0 Å². The second kappa shape index (κ2) is 4.33. The Hall–Kier alpha value is -0.860. The number of fused-ring (bicyclic) bond motifs is 1. The van der Waals surface area contributed by atoms with Gasteiger partial charge in [-0.25, -0.2) is 0 Å². The van der Waals surface area contributed by atoms with Crippen LogP contribution < -0.4 is 5.32 Å². The highest BCUT2D eigenvalue weighted by atomic mass is 35.5. The molecule has 1 aromatic heterocycles. The largest absolute Gasteiger partial charge is 0.316 e. The van der Waals surface area contributed by atoms with Crippen molar-refractivity contribution in [1.29, 1.82) is 0 Å². The average Bonchev–Trinajstić information content (AvgIpc) is 2.78. The molecule has 0 spiro atoms. The number of aromatic nitrogens is 1. The Morgan fingerprint density at radius 3 is 2.73 bits per heavy atom. The fourth-order valence-electron chi connectivity index (χ4n) is 2.56. The molecule has 1 fully saturated rings. The average molecular weight is 223 g/mol. The number of hydrogen-bond acceptors (Lipinski definition) is 2. The maximum Gasteiger partial charge on any atom is 0.0273 e. The first-order valence-electron chi connectivity index (χ1n) is 5.25. The first-order valence-corrected chi connectivity index (χ1v) is 5.25. The SMILES string of the molecule is C1=C(c2ccncc2)C[C@@H]2CNC[C@H]12.Cl. The zero-order valence-corrected chi connectivity index (χ0v) is 9.33. The molecule has 0 saturated carbocycles. The van der Waals surface area contributed by atoms with Crippen molar-refractivity contribution >= 4 is 18.0 Å². The van der Waals surface area contributed by atoms with Gasteiger partial charge >= 0.3 is 0 Å². The van der Waals surface area contributed by atoms with Crippen LogP contribution in [-0.2, 0) is 0 Å². The van der Waals surface area contributed by atoms with Crippen LogP contribution in [0.5, 0.6) is 0 Å². The zero-order valence-electron chi connectivity index (χ0n) is 8.52. The number of hydrogen-bond donors (Lipinski definition) is 1. The molecule has 3 heteroatoms. The number of pyridine rings is 1. The maximum absolute atomic E-state index is 4.05. The molecule has 2 heterocycles. The van der Waals surface area contributed by atoms with Crippen LogP contribution in [0.25, 0.3) is 5.57 Å². The van der Waals surface area contributed by atoms with Crippen LogP contribution in [0.1, 0.15) is 12.0 Å². The number of nitrogens with zero attached hydrogens (tertiary/aromatic N) is 1. The van der Waals surface area contributed by atoms with Gasteiger partial charge in [0.2, 0.25) is 0 Å². The molecule has 1 aromatic rings. The molecular formula is C12H15ClN2. The van der Waals surface area contributed by atoms with Gasteiger partial charge in [0.05, 0.1) is 0 Å². The van der Waals surface area contributed by atoms with Crippen molar-refractivity contribution in [2.45, 2.75) is 6.42 Å². The molecule has 0 unspecified atom stereocenters. The Balaban J connectivity index is 0.000000853. The summed E-state index contributed by atoms with van der Waals surface area (Å²) in [5, 5.41) is 3.44. The number of nitrogens with one attached hydrogen (secondary N) is 1. The van der Waals surface area contributed by atoms with Gasteiger partial charge in [0.25, 0.3) is 0 Å². The minimum atomic E-state index is 0. The summed E-state index contributed by atoms with van der Waals surface area (Å²) in [6.07, 6.45) is 7.44. The maximum atomic E-state index is 4.05. The summed E-state index contributed by atoms with van der Waals surface area (Å²) in [5.41, 5.74) is 2.87. The standard InChI is InChI=1S/C12H14N2.ClH/c1-3-13-4-2-9(1)10-5-11-7-14-8-12(11)6-10;/h1-5,11-12,14H,6-8H2;1H/t11-,12+;/m0./s1. The van der Waals surface area contributed by atoms with Gasteiger partial charge in [-0.05, 0) is 48.1 Å². The van der Waals surface area contributed by atoms with Crippen molar-refractivity contribution in [2.75, 3.05) is 13.1 Å². The Labute approximate surface area is 96.2 Å². The van der Waals surface area contributed by atoms with E-state index in [0.29, 0.717) is 0 Å². The summed E-state index contributed by atoms with van der Waals surface area (Å²) < 4.78 is 0. The van der Waals surface area contributed by atoms with Crippen molar-refractivity contribution < 1.29 is 0 Å². The Bertz CT molecular complexity index is 361. The molecule has 1 aliphatic carbocycles. The van der Waals surface area contributed by atoms with Gasteiger partial charge in [-0.1, -0.05) is 6.08 Å². The van der Waals surface area contributed by atoms with Crippen molar-refractivity contribution in [1.82, 2.24) is 10.3 Å². The topological polar surface area (TPSA) is 24.9 Å². The van der Waals surface area contributed by atoms with Crippen LogP contribution in [0.3, 0.4) is 0 Å². The van der Waals surface area contributed by atoms with E-state index in [4.69, 9.17) is 0 Å².